The van der Waals surface area contributed by atoms with Gasteiger partial charge in [0.1, 0.15) is 0 Å². The molecule has 0 unspecified atom stereocenters. The number of carbonyl (C=O) groups excluding carboxylic acids is 1. The fraction of sp³-hybridized carbons (Fsp3) is 0.267. The number of hydrogen-bond acceptors (Lipinski definition) is 3. The number of carbonyl (C=O) groups is 2. The maximum absolute atomic E-state index is 11.9. The zero-order valence-corrected chi connectivity index (χ0v) is 11.7. The van der Waals surface area contributed by atoms with Crippen LogP contribution >= 0.6 is 0 Å². The monoisotopic (exact) mass is 287 g/mol. The summed E-state index contributed by atoms with van der Waals surface area (Å²) in [7, 11) is 0. The fourth-order valence-corrected chi connectivity index (χ4v) is 1.94. The van der Waals surface area contributed by atoms with Gasteiger partial charge >= 0.3 is 5.97 Å². The Labute approximate surface area is 122 Å². The Kier molecular flexibility index (Phi) is 4.71. The van der Waals surface area contributed by atoms with E-state index in [0.29, 0.717) is 18.5 Å². The summed E-state index contributed by atoms with van der Waals surface area (Å²) in [4.78, 5) is 22.2. The number of aliphatic carboxylic acids is 1. The van der Waals surface area contributed by atoms with Crippen molar-refractivity contribution in [2.24, 2.45) is 0 Å². The van der Waals surface area contributed by atoms with Crippen LogP contribution in [0.3, 0.4) is 0 Å². The van der Waals surface area contributed by atoms with E-state index >= 15 is 0 Å². The standard InChI is InChI=1S/C15H17N3O3/c1-11-8-10-17-18(11)13-6-4-12(5-7-13)15(21)16-9-2-3-14(19)20/h4-8,10H,2-3,9H2,1H3,(H,16,21)(H,19,20). The van der Waals surface area contributed by atoms with E-state index in [-0.39, 0.29) is 12.3 Å². The fourth-order valence-electron chi connectivity index (χ4n) is 1.94. The molecule has 0 saturated heterocycles. The Hall–Kier alpha value is -2.63. The minimum Gasteiger partial charge on any atom is -0.481 e. The third-order valence-electron chi connectivity index (χ3n) is 3.06. The second kappa shape index (κ2) is 6.69. The van der Waals surface area contributed by atoms with Crippen molar-refractivity contribution in [2.45, 2.75) is 19.8 Å². The number of nitrogens with zero attached hydrogens (tertiary/aromatic N) is 2. The molecule has 6 heteroatoms. The van der Waals surface area contributed by atoms with Gasteiger partial charge in [0.25, 0.3) is 5.91 Å². The highest BCUT2D eigenvalue weighted by Gasteiger charge is 2.06. The summed E-state index contributed by atoms with van der Waals surface area (Å²) >= 11 is 0. The van der Waals surface area contributed by atoms with E-state index in [1.807, 2.05) is 25.1 Å². The van der Waals surface area contributed by atoms with E-state index in [2.05, 4.69) is 10.4 Å². The normalized spacial score (nSPS) is 10.3. The first-order valence-corrected chi connectivity index (χ1v) is 6.69. The van der Waals surface area contributed by atoms with Crippen molar-refractivity contribution in [1.29, 1.82) is 0 Å². The second-order valence-corrected chi connectivity index (χ2v) is 4.68. The minimum absolute atomic E-state index is 0.0534. The highest BCUT2D eigenvalue weighted by Crippen LogP contribution is 2.11. The zero-order valence-electron chi connectivity index (χ0n) is 11.7. The number of carboxylic acids is 1. The largest absolute Gasteiger partial charge is 0.481 e. The highest BCUT2D eigenvalue weighted by atomic mass is 16.4. The van der Waals surface area contributed by atoms with Gasteiger partial charge in [-0.15, -0.1) is 0 Å². The van der Waals surface area contributed by atoms with E-state index in [4.69, 9.17) is 5.11 Å². The molecule has 1 aromatic heterocycles. The predicted molar refractivity (Wildman–Crippen MR) is 77.5 cm³/mol. The number of amides is 1. The van der Waals surface area contributed by atoms with Gasteiger partial charge in [-0.3, -0.25) is 9.59 Å². The summed E-state index contributed by atoms with van der Waals surface area (Å²) in [6, 6.07) is 9.01. The van der Waals surface area contributed by atoms with Gasteiger partial charge in [0.05, 0.1) is 5.69 Å². The Morgan fingerprint density at radius 3 is 2.52 bits per heavy atom. The van der Waals surface area contributed by atoms with Crippen LogP contribution in [0.4, 0.5) is 0 Å². The molecule has 0 bridgehead atoms. The Morgan fingerprint density at radius 1 is 1.24 bits per heavy atom. The number of carboxylic acid groups (broad SMARTS) is 1. The van der Waals surface area contributed by atoms with Crippen molar-refractivity contribution >= 4 is 11.9 Å². The summed E-state index contributed by atoms with van der Waals surface area (Å²) in [6.45, 7) is 2.31. The van der Waals surface area contributed by atoms with Crippen LogP contribution in [-0.2, 0) is 4.79 Å². The molecule has 110 valence electrons. The summed E-state index contributed by atoms with van der Waals surface area (Å²) in [5.41, 5.74) is 2.44. The van der Waals surface area contributed by atoms with Crippen LogP contribution in [0, 0.1) is 6.92 Å². The SMILES string of the molecule is Cc1ccnn1-c1ccc(C(=O)NCCCC(=O)O)cc1. The number of benzene rings is 1. The molecule has 1 aromatic carbocycles. The highest BCUT2D eigenvalue weighted by molar-refractivity contribution is 5.94. The van der Waals surface area contributed by atoms with E-state index in [0.717, 1.165) is 11.4 Å². The van der Waals surface area contributed by atoms with Gasteiger partial charge in [-0.1, -0.05) is 0 Å². The molecule has 0 saturated carbocycles. The topological polar surface area (TPSA) is 84.2 Å². The third-order valence-corrected chi connectivity index (χ3v) is 3.06. The first-order valence-electron chi connectivity index (χ1n) is 6.69. The van der Waals surface area contributed by atoms with Crippen molar-refractivity contribution < 1.29 is 14.7 Å². The van der Waals surface area contributed by atoms with Crippen molar-refractivity contribution in [1.82, 2.24) is 15.1 Å². The van der Waals surface area contributed by atoms with Crippen molar-refractivity contribution in [2.75, 3.05) is 6.54 Å². The first kappa shape index (κ1) is 14.8. The Balaban J connectivity index is 1.94. The minimum atomic E-state index is -0.858. The van der Waals surface area contributed by atoms with Crippen LogP contribution < -0.4 is 5.32 Å². The van der Waals surface area contributed by atoms with Crippen LogP contribution in [0.25, 0.3) is 5.69 Å². The molecular formula is C15H17N3O3. The van der Waals surface area contributed by atoms with E-state index < -0.39 is 5.97 Å². The number of nitrogens with one attached hydrogen (secondary N) is 1. The number of hydrogen-bond donors (Lipinski definition) is 2. The molecule has 6 nitrogen and oxygen atoms in total. The molecule has 0 spiro atoms. The molecule has 0 aliphatic rings. The van der Waals surface area contributed by atoms with Crippen LogP contribution in [0.1, 0.15) is 28.9 Å². The Bertz CT molecular complexity index is 632. The van der Waals surface area contributed by atoms with Gasteiger partial charge in [-0.05, 0) is 43.7 Å². The van der Waals surface area contributed by atoms with Gasteiger partial charge in [0.2, 0.25) is 0 Å². The molecule has 0 aliphatic carbocycles. The van der Waals surface area contributed by atoms with E-state index in [1.165, 1.54) is 0 Å². The van der Waals surface area contributed by atoms with E-state index in [9.17, 15) is 9.59 Å². The summed E-state index contributed by atoms with van der Waals surface area (Å²) in [6.07, 6.45) is 2.20. The molecule has 1 amide bonds. The lowest BCUT2D eigenvalue weighted by Gasteiger charge is -2.07. The quantitative estimate of drug-likeness (QED) is 0.793. The lowest BCUT2D eigenvalue weighted by atomic mass is 10.2. The lowest BCUT2D eigenvalue weighted by molar-refractivity contribution is -0.137. The maximum Gasteiger partial charge on any atom is 0.303 e. The van der Waals surface area contributed by atoms with Crippen molar-refractivity contribution in [3.63, 3.8) is 0 Å². The zero-order chi connectivity index (χ0) is 15.2. The first-order chi connectivity index (χ1) is 10.1. The third kappa shape index (κ3) is 3.92. The molecule has 2 N–H and O–H groups in total. The summed E-state index contributed by atoms with van der Waals surface area (Å²) in [5, 5.41) is 15.4. The number of aromatic nitrogens is 2. The molecule has 2 rings (SSSR count). The lowest BCUT2D eigenvalue weighted by Crippen LogP contribution is -2.24. The van der Waals surface area contributed by atoms with Gasteiger partial charge in [0.15, 0.2) is 0 Å². The van der Waals surface area contributed by atoms with Crippen molar-refractivity contribution in [3.8, 4) is 5.69 Å². The molecule has 2 aromatic rings. The van der Waals surface area contributed by atoms with Gasteiger partial charge < -0.3 is 10.4 Å². The molecule has 0 atom stereocenters. The van der Waals surface area contributed by atoms with Gasteiger partial charge in [-0.25, -0.2) is 4.68 Å². The number of rotatable bonds is 6. The van der Waals surface area contributed by atoms with Gasteiger partial charge in [0, 0.05) is 30.4 Å². The molecular weight excluding hydrogens is 270 g/mol. The van der Waals surface area contributed by atoms with Crippen molar-refractivity contribution in [3.05, 3.63) is 47.8 Å². The average molecular weight is 287 g/mol. The van der Waals surface area contributed by atoms with Gasteiger partial charge in [-0.2, -0.15) is 5.10 Å². The maximum atomic E-state index is 11.9. The predicted octanol–water partition coefficient (Wildman–Crippen LogP) is 1.78. The van der Waals surface area contributed by atoms with Crippen LogP contribution in [0.15, 0.2) is 36.5 Å². The Morgan fingerprint density at radius 2 is 1.95 bits per heavy atom. The second-order valence-electron chi connectivity index (χ2n) is 4.68. The summed E-state index contributed by atoms with van der Waals surface area (Å²) < 4.78 is 1.79. The molecule has 0 fully saturated rings. The molecule has 1 heterocycles. The summed E-state index contributed by atoms with van der Waals surface area (Å²) in [5.74, 6) is -1.06. The molecule has 21 heavy (non-hydrogen) atoms. The number of aryl methyl sites for hydroxylation is 1. The van der Waals surface area contributed by atoms with Crippen LogP contribution in [-0.4, -0.2) is 33.3 Å². The van der Waals surface area contributed by atoms with Crippen LogP contribution in [0.5, 0.6) is 0 Å². The smallest absolute Gasteiger partial charge is 0.303 e. The molecule has 0 radical (unpaired) electrons. The van der Waals surface area contributed by atoms with Crippen LogP contribution in [0.2, 0.25) is 0 Å². The van der Waals surface area contributed by atoms with E-state index in [1.54, 1.807) is 23.0 Å². The molecule has 0 aliphatic heterocycles. The average Bonchev–Trinajstić information content (AvgIpc) is 2.89.